The first-order chi connectivity index (χ1) is 9.54. The van der Waals surface area contributed by atoms with E-state index >= 15 is 0 Å². The summed E-state index contributed by atoms with van der Waals surface area (Å²) in [6.07, 6.45) is 2.40. The standard InChI is InChI=1S/C13H11N3O4/c1-8-14-13(20-16-8)15-12(19)10-4-2-3-9(7-10)5-6-11(17)18/h2-7H,1H3,(H,17,18)(H,14,15,16,19)/b6-5+. The van der Waals surface area contributed by atoms with Gasteiger partial charge in [0.25, 0.3) is 5.91 Å². The molecule has 1 aromatic carbocycles. The number of carbonyl (C=O) groups excluding carboxylic acids is 1. The lowest BCUT2D eigenvalue weighted by Crippen LogP contribution is -2.12. The van der Waals surface area contributed by atoms with Crippen molar-refractivity contribution in [3.63, 3.8) is 0 Å². The minimum absolute atomic E-state index is 0.0129. The largest absolute Gasteiger partial charge is 0.478 e. The highest BCUT2D eigenvalue weighted by molar-refractivity contribution is 6.03. The first-order valence-corrected chi connectivity index (χ1v) is 5.67. The first-order valence-electron chi connectivity index (χ1n) is 5.67. The van der Waals surface area contributed by atoms with Crippen molar-refractivity contribution in [2.75, 3.05) is 5.32 Å². The fourth-order valence-corrected chi connectivity index (χ4v) is 1.47. The number of rotatable bonds is 4. The average Bonchev–Trinajstić information content (AvgIpc) is 2.82. The molecular formula is C13H11N3O4. The summed E-state index contributed by atoms with van der Waals surface area (Å²) in [7, 11) is 0. The van der Waals surface area contributed by atoms with E-state index in [0.717, 1.165) is 6.08 Å². The molecule has 0 bridgehead atoms. The number of aliphatic carboxylic acids is 1. The summed E-state index contributed by atoms with van der Waals surface area (Å²) in [5.41, 5.74) is 0.954. The van der Waals surface area contributed by atoms with Crippen molar-refractivity contribution >= 4 is 24.0 Å². The Kier molecular flexibility index (Phi) is 3.90. The van der Waals surface area contributed by atoms with E-state index in [1.54, 1.807) is 31.2 Å². The van der Waals surface area contributed by atoms with Crippen LogP contribution in [0.5, 0.6) is 0 Å². The maximum Gasteiger partial charge on any atom is 0.328 e. The van der Waals surface area contributed by atoms with E-state index in [-0.39, 0.29) is 6.01 Å². The Balaban J connectivity index is 2.14. The number of carboxylic acids is 1. The van der Waals surface area contributed by atoms with Crippen LogP contribution in [0.25, 0.3) is 6.08 Å². The van der Waals surface area contributed by atoms with Crippen LogP contribution in [0.15, 0.2) is 34.9 Å². The van der Waals surface area contributed by atoms with Crippen molar-refractivity contribution in [2.45, 2.75) is 6.92 Å². The molecule has 2 aromatic rings. The fraction of sp³-hybridized carbons (Fsp3) is 0.0769. The van der Waals surface area contributed by atoms with Crippen molar-refractivity contribution in [3.05, 3.63) is 47.3 Å². The first kappa shape index (κ1) is 13.5. The van der Waals surface area contributed by atoms with Gasteiger partial charge in [0.15, 0.2) is 5.82 Å². The van der Waals surface area contributed by atoms with Crippen LogP contribution < -0.4 is 5.32 Å². The van der Waals surface area contributed by atoms with Crippen LogP contribution in [0, 0.1) is 6.92 Å². The number of nitrogens with one attached hydrogen (secondary N) is 1. The van der Waals surface area contributed by atoms with Gasteiger partial charge in [-0.2, -0.15) is 4.98 Å². The minimum Gasteiger partial charge on any atom is -0.478 e. The van der Waals surface area contributed by atoms with E-state index in [9.17, 15) is 9.59 Å². The molecule has 0 saturated carbocycles. The van der Waals surface area contributed by atoms with Gasteiger partial charge in [0.2, 0.25) is 0 Å². The molecule has 0 unspecified atom stereocenters. The molecule has 1 aromatic heterocycles. The second kappa shape index (κ2) is 5.79. The van der Waals surface area contributed by atoms with Crippen molar-refractivity contribution in [2.24, 2.45) is 0 Å². The van der Waals surface area contributed by atoms with Gasteiger partial charge in [-0.15, -0.1) is 0 Å². The van der Waals surface area contributed by atoms with Gasteiger partial charge >= 0.3 is 12.0 Å². The number of anilines is 1. The van der Waals surface area contributed by atoms with E-state index in [0.29, 0.717) is 17.0 Å². The summed E-state index contributed by atoms with van der Waals surface area (Å²) in [5, 5.41) is 14.6. The zero-order valence-electron chi connectivity index (χ0n) is 10.5. The number of hydrogen-bond donors (Lipinski definition) is 2. The summed E-state index contributed by atoms with van der Waals surface area (Å²) in [5.74, 6) is -1.06. The molecule has 0 fully saturated rings. The van der Waals surface area contributed by atoms with Crippen LogP contribution in [-0.4, -0.2) is 27.1 Å². The van der Waals surface area contributed by atoms with Gasteiger partial charge in [0.1, 0.15) is 0 Å². The highest BCUT2D eigenvalue weighted by atomic mass is 16.5. The zero-order chi connectivity index (χ0) is 14.5. The summed E-state index contributed by atoms with van der Waals surface area (Å²) in [6, 6.07) is 6.50. The number of carbonyl (C=O) groups is 2. The molecule has 20 heavy (non-hydrogen) atoms. The maximum atomic E-state index is 11.9. The predicted molar refractivity (Wildman–Crippen MR) is 70.1 cm³/mol. The third-order valence-electron chi connectivity index (χ3n) is 2.32. The number of aromatic nitrogens is 2. The van der Waals surface area contributed by atoms with Crippen LogP contribution in [0.3, 0.4) is 0 Å². The summed E-state index contributed by atoms with van der Waals surface area (Å²) in [6.45, 7) is 1.64. The van der Waals surface area contributed by atoms with Crippen LogP contribution in [0.4, 0.5) is 6.01 Å². The highest BCUT2D eigenvalue weighted by Crippen LogP contribution is 2.10. The molecule has 0 radical (unpaired) electrons. The molecule has 0 aliphatic carbocycles. The van der Waals surface area contributed by atoms with Crippen molar-refractivity contribution in [3.8, 4) is 0 Å². The van der Waals surface area contributed by atoms with E-state index in [1.165, 1.54) is 6.08 Å². The average molecular weight is 273 g/mol. The fourth-order valence-electron chi connectivity index (χ4n) is 1.47. The van der Waals surface area contributed by atoms with E-state index in [1.807, 2.05) is 0 Å². The van der Waals surface area contributed by atoms with Gasteiger partial charge in [0, 0.05) is 11.6 Å². The van der Waals surface area contributed by atoms with E-state index < -0.39 is 11.9 Å². The molecule has 102 valence electrons. The van der Waals surface area contributed by atoms with Crippen molar-refractivity contribution < 1.29 is 19.2 Å². The van der Waals surface area contributed by atoms with E-state index in [4.69, 9.17) is 9.63 Å². The number of hydrogen-bond acceptors (Lipinski definition) is 5. The summed E-state index contributed by atoms with van der Waals surface area (Å²) in [4.78, 5) is 26.2. The molecule has 1 amide bonds. The molecule has 7 nitrogen and oxygen atoms in total. The van der Waals surface area contributed by atoms with Gasteiger partial charge in [-0.3, -0.25) is 10.1 Å². The molecule has 2 N–H and O–H groups in total. The van der Waals surface area contributed by atoms with Gasteiger partial charge in [-0.05, 0) is 30.7 Å². The predicted octanol–water partition coefficient (Wildman–Crippen LogP) is 1.73. The van der Waals surface area contributed by atoms with Gasteiger partial charge in [0.05, 0.1) is 0 Å². The van der Waals surface area contributed by atoms with E-state index in [2.05, 4.69) is 15.5 Å². The Morgan fingerprint density at radius 2 is 2.20 bits per heavy atom. The molecule has 0 atom stereocenters. The smallest absolute Gasteiger partial charge is 0.328 e. The number of benzene rings is 1. The molecule has 2 rings (SSSR count). The Bertz CT molecular complexity index is 676. The minimum atomic E-state index is -1.05. The summed E-state index contributed by atoms with van der Waals surface area (Å²) < 4.78 is 4.78. The van der Waals surface area contributed by atoms with Gasteiger partial charge in [-0.1, -0.05) is 17.3 Å². The molecular weight excluding hydrogens is 262 g/mol. The highest BCUT2D eigenvalue weighted by Gasteiger charge is 2.10. The lowest BCUT2D eigenvalue weighted by atomic mass is 10.1. The van der Waals surface area contributed by atoms with Gasteiger partial charge < -0.3 is 9.63 Å². The van der Waals surface area contributed by atoms with Gasteiger partial charge in [-0.25, -0.2) is 4.79 Å². The van der Waals surface area contributed by atoms with Crippen LogP contribution in [0.1, 0.15) is 21.7 Å². The number of carboxylic acid groups (broad SMARTS) is 1. The normalized spacial score (nSPS) is 10.7. The Morgan fingerprint density at radius 1 is 1.40 bits per heavy atom. The molecule has 7 heteroatoms. The lowest BCUT2D eigenvalue weighted by Gasteiger charge is -2.01. The van der Waals surface area contributed by atoms with Crippen LogP contribution in [-0.2, 0) is 4.79 Å². The monoisotopic (exact) mass is 273 g/mol. The SMILES string of the molecule is Cc1noc(NC(=O)c2cccc(/C=C/C(=O)O)c2)n1. The molecule has 0 saturated heterocycles. The summed E-state index contributed by atoms with van der Waals surface area (Å²) >= 11 is 0. The molecule has 1 heterocycles. The third-order valence-corrected chi connectivity index (χ3v) is 2.32. The second-order valence-corrected chi connectivity index (χ2v) is 3.90. The van der Waals surface area contributed by atoms with Crippen molar-refractivity contribution in [1.82, 2.24) is 10.1 Å². The molecule has 0 spiro atoms. The Labute approximate surface area is 113 Å². The number of amides is 1. The Hall–Kier alpha value is -2.96. The third kappa shape index (κ3) is 3.52. The second-order valence-electron chi connectivity index (χ2n) is 3.90. The number of aryl methyl sites for hydroxylation is 1. The molecule has 0 aliphatic rings. The number of nitrogens with zero attached hydrogens (tertiary/aromatic N) is 2. The Morgan fingerprint density at radius 3 is 2.85 bits per heavy atom. The maximum absolute atomic E-state index is 11.9. The quantitative estimate of drug-likeness (QED) is 0.822. The van der Waals surface area contributed by atoms with Crippen LogP contribution >= 0.6 is 0 Å². The topological polar surface area (TPSA) is 105 Å². The van der Waals surface area contributed by atoms with Crippen molar-refractivity contribution in [1.29, 1.82) is 0 Å². The molecule has 0 aliphatic heterocycles. The lowest BCUT2D eigenvalue weighted by molar-refractivity contribution is -0.131. The zero-order valence-corrected chi connectivity index (χ0v) is 10.5. The van der Waals surface area contributed by atoms with Crippen LogP contribution in [0.2, 0.25) is 0 Å².